The molecule has 0 spiro atoms. The Balaban J connectivity index is 1.87. The first kappa shape index (κ1) is 20.4. The maximum absolute atomic E-state index is 12.9. The van der Waals surface area contributed by atoms with Gasteiger partial charge in [0.15, 0.2) is 11.5 Å². The van der Waals surface area contributed by atoms with Gasteiger partial charge in [0, 0.05) is 0 Å². The van der Waals surface area contributed by atoms with Crippen LogP contribution in [0.15, 0.2) is 41.3 Å². The molecule has 0 aliphatic carbocycles. The molecule has 0 saturated carbocycles. The van der Waals surface area contributed by atoms with E-state index in [0.717, 1.165) is 16.7 Å². The lowest BCUT2D eigenvalue weighted by Gasteiger charge is -2.14. The quantitative estimate of drug-likeness (QED) is 0.486. The fourth-order valence-electron chi connectivity index (χ4n) is 2.91. The number of thiocarbonyl (C=S) groups is 1. The van der Waals surface area contributed by atoms with E-state index in [1.54, 1.807) is 12.0 Å². The first-order valence-corrected chi connectivity index (χ1v) is 10.3. The molecule has 3 rings (SSSR count). The summed E-state index contributed by atoms with van der Waals surface area (Å²) in [5.74, 6) is 1.28. The highest BCUT2D eigenvalue weighted by atomic mass is 32.2. The van der Waals surface area contributed by atoms with Crippen molar-refractivity contribution < 1.29 is 14.3 Å². The van der Waals surface area contributed by atoms with Crippen molar-refractivity contribution in [3.05, 3.63) is 63.6 Å². The normalized spacial score (nSPS) is 15.4. The van der Waals surface area contributed by atoms with Crippen molar-refractivity contribution in [1.82, 2.24) is 4.90 Å². The highest BCUT2D eigenvalue weighted by Crippen LogP contribution is 2.36. The van der Waals surface area contributed by atoms with Gasteiger partial charge in [-0.1, -0.05) is 53.8 Å². The molecular formula is C22H23NO3S2. The third-order valence-electron chi connectivity index (χ3n) is 4.47. The summed E-state index contributed by atoms with van der Waals surface area (Å²) in [6.07, 6.45) is 1.88. The zero-order chi connectivity index (χ0) is 20.3. The van der Waals surface area contributed by atoms with Crippen molar-refractivity contribution in [2.24, 2.45) is 0 Å². The Kier molecular flexibility index (Phi) is 6.42. The molecule has 1 amide bonds. The number of aryl methyl sites for hydroxylation is 2. The fourth-order valence-corrected chi connectivity index (χ4v) is 4.16. The summed E-state index contributed by atoms with van der Waals surface area (Å²) in [5.41, 5.74) is 4.17. The van der Waals surface area contributed by atoms with Gasteiger partial charge in [-0.25, -0.2) is 0 Å². The lowest BCUT2D eigenvalue weighted by Crippen LogP contribution is -2.27. The van der Waals surface area contributed by atoms with Gasteiger partial charge in [-0.3, -0.25) is 9.69 Å². The van der Waals surface area contributed by atoms with Gasteiger partial charge in [-0.2, -0.15) is 0 Å². The van der Waals surface area contributed by atoms with E-state index in [4.69, 9.17) is 21.7 Å². The zero-order valence-corrected chi connectivity index (χ0v) is 18.1. The maximum Gasteiger partial charge on any atom is 0.266 e. The number of nitrogens with zero attached hydrogens (tertiary/aromatic N) is 1. The van der Waals surface area contributed by atoms with E-state index < -0.39 is 0 Å². The van der Waals surface area contributed by atoms with Crippen LogP contribution >= 0.6 is 24.0 Å². The van der Waals surface area contributed by atoms with Crippen molar-refractivity contribution in [2.75, 3.05) is 13.7 Å². The second kappa shape index (κ2) is 8.80. The molecule has 1 saturated heterocycles. The molecule has 28 heavy (non-hydrogen) atoms. The first-order chi connectivity index (χ1) is 13.4. The number of carbonyl (C=O) groups is 1. The van der Waals surface area contributed by atoms with Gasteiger partial charge in [0.05, 0.1) is 25.2 Å². The minimum absolute atomic E-state index is 0.0660. The number of rotatable bonds is 6. The molecule has 6 heteroatoms. The smallest absolute Gasteiger partial charge is 0.266 e. The van der Waals surface area contributed by atoms with Crippen LogP contribution in [0.4, 0.5) is 0 Å². The van der Waals surface area contributed by atoms with E-state index in [1.165, 1.54) is 17.3 Å². The Morgan fingerprint density at radius 1 is 1.14 bits per heavy atom. The van der Waals surface area contributed by atoms with Gasteiger partial charge < -0.3 is 9.47 Å². The SMILES string of the molecule is CCOc1cc(/C=C2\SC(=S)N(Cc3ccc(C)cc3)C2=O)c(C)cc1OC. The molecule has 4 nitrogen and oxygen atoms in total. The molecule has 0 bridgehead atoms. The van der Waals surface area contributed by atoms with E-state index in [0.29, 0.717) is 33.9 Å². The lowest BCUT2D eigenvalue weighted by molar-refractivity contribution is -0.122. The molecule has 0 aromatic heterocycles. The Bertz CT molecular complexity index is 936. The van der Waals surface area contributed by atoms with Crippen molar-refractivity contribution in [3.8, 4) is 11.5 Å². The van der Waals surface area contributed by atoms with Crippen molar-refractivity contribution >= 4 is 40.3 Å². The molecule has 146 valence electrons. The third kappa shape index (κ3) is 4.39. The van der Waals surface area contributed by atoms with Crippen molar-refractivity contribution in [2.45, 2.75) is 27.3 Å². The Labute approximate surface area is 175 Å². The number of thioether (sulfide) groups is 1. The average Bonchev–Trinajstić information content (AvgIpc) is 2.93. The number of carbonyl (C=O) groups excluding carboxylic acids is 1. The number of hydrogen-bond acceptors (Lipinski definition) is 5. The molecule has 1 fully saturated rings. The fraction of sp³-hybridized carbons (Fsp3) is 0.273. The van der Waals surface area contributed by atoms with Gasteiger partial charge >= 0.3 is 0 Å². The average molecular weight is 414 g/mol. The Hall–Kier alpha value is -2.31. The van der Waals surface area contributed by atoms with Gasteiger partial charge in [-0.15, -0.1) is 0 Å². The maximum atomic E-state index is 12.9. The summed E-state index contributed by atoms with van der Waals surface area (Å²) in [7, 11) is 1.62. The predicted octanol–water partition coefficient (Wildman–Crippen LogP) is 5.11. The number of ether oxygens (including phenoxy) is 2. The summed E-state index contributed by atoms with van der Waals surface area (Å²) in [5, 5.41) is 0. The number of methoxy groups -OCH3 is 1. The predicted molar refractivity (Wildman–Crippen MR) is 119 cm³/mol. The van der Waals surface area contributed by atoms with Crippen LogP contribution < -0.4 is 9.47 Å². The van der Waals surface area contributed by atoms with Crippen LogP contribution in [0.1, 0.15) is 29.2 Å². The molecule has 0 unspecified atom stereocenters. The summed E-state index contributed by atoms with van der Waals surface area (Å²) in [4.78, 5) is 15.2. The third-order valence-corrected chi connectivity index (χ3v) is 5.85. The number of benzene rings is 2. The monoisotopic (exact) mass is 413 g/mol. The largest absolute Gasteiger partial charge is 0.493 e. The van der Waals surface area contributed by atoms with Crippen molar-refractivity contribution in [1.29, 1.82) is 0 Å². The summed E-state index contributed by atoms with van der Waals surface area (Å²) < 4.78 is 11.6. The second-order valence-electron chi connectivity index (χ2n) is 6.55. The van der Waals surface area contributed by atoms with Crippen LogP contribution in [0.25, 0.3) is 6.08 Å². The van der Waals surface area contributed by atoms with Gasteiger partial charge in [0.25, 0.3) is 5.91 Å². The molecule has 1 aliphatic heterocycles. The standard InChI is InChI=1S/C22H23NO3S2/c1-5-26-19-11-17(15(3)10-18(19)25-4)12-20-21(24)23(22(27)28-20)13-16-8-6-14(2)7-9-16/h6-12H,5,13H2,1-4H3/b20-12-. The topological polar surface area (TPSA) is 38.8 Å². The molecule has 0 N–H and O–H groups in total. The van der Waals surface area contributed by atoms with E-state index in [1.807, 2.05) is 63.2 Å². The molecule has 0 radical (unpaired) electrons. The molecule has 0 atom stereocenters. The van der Waals surface area contributed by atoms with Gasteiger partial charge in [0.1, 0.15) is 4.32 Å². The number of amides is 1. The first-order valence-electron chi connectivity index (χ1n) is 9.05. The van der Waals surface area contributed by atoms with Crippen LogP contribution in [0.3, 0.4) is 0 Å². The Morgan fingerprint density at radius 3 is 2.50 bits per heavy atom. The van der Waals surface area contributed by atoms with Gasteiger partial charge in [0.2, 0.25) is 0 Å². The molecule has 2 aromatic rings. The molecular weight excluding hydrogens is 390 g/mol. The summed E-state index contributed by atoms with van der Waals surface area (Å²) in [6, 6.07) is 12.0. The van der Waals surface area contributed by atoms with Gasteiger partial charge in [-0.05, 0) is 55.7 Å². The summed E-state index contributed by atoms with van der Waals surface area (Å²) >= 11 is 6.79. The molecule has 2 aromatic carbocycles. The zero-order valence-electron chi connectivity index (χ0n) is 16.4. The Morgan fingerprint density at radius 2 is 1.86 bits per heavy atom. The van der Waals surface area contributed by atoms with E-state index in [-0.39, 0.29) is 5.91 Å². The minimum Gasteiger partial charge on any atom is -0.493 e. The molecule has 1 heterocycles. The highest BCUT2D eigenvalue weighted by molar-refractivity contribution is 8.26. The van der Waals surface area contributed by atoms with E-state index in [9.17, 15) is 4.79 Å². The van der Waals surface area contributed by atoms with Crippen LogP contribution in [0.2, 0.25) is 0 Å². The van der Waals surface area contributed by atoms with Crippen LogP contribution in [0, 0.1) is 13.8 Å². The van der Waals surface area contributed by atoms with Crippen LogP contribution in [-0.4, -0.2) is 28.8 Å². The lowest BCUT2D eigenvalue weighted by atomic mass is 10.1. The molecule has 1 aliphatic rings. The number of hydrogen-bond donors (Lipinski definition) is 0. The van der Waals surface area contributed by atoms with E-state index >= 15 is 0 Å². The summed E-state index contributed by atoms with van der Waals surface area (Å²) in [6.45, 7) is 6.97. The highest BCUT2D eigenvalue weighted by Gasteiger charge is 2.32. The van der Waals surface area contributed by atoms with Crippen molar-refractivity contribution in [3.63, 3.8) is 0 Å². The minimum atomic E-state index is -0.0660. The van der Waals surface area contributed by atoms with Crippen LogP contribution in [0.5, 0.6) is 11.5 Å². The van der Waals surface area contributed by atoms with Crippen LogP contribution in [-0.2, 0) is 11.3 Å². The second-order valence-corrected chi connectivity index (χ2v) is 8.22. The van der Waals surface area contributed by atoms with E-state index in [2.05, 4.69) is 0 Å².